The van der Waals surface area contributed by atoms with Crippen molar-refractivity contribution in [3.05, 3.63) is 47.5 Å². The Morgan fingerprint density at radius 1 is 0.778 bits per heavy atom. The van der Waals surface area contributed by atoms with Gasteiger partial charge in [0, 0.05) is 17.9 Å². The highest BCUT2D eigenvalue weighted by Gasteiger charge is 2.48. The molecule has 1 N–H and O–H groups in total. The van der Waals surface area contributed by atoms with Gasteiger partial charge >= 0.3 is 0 Å². The van der Waals surface area contributed by atoms with Crippen LogP contribution in [0.25, 0.3) is 0 Å². The second-order valence-corrected chi connectivity index (χ2v) is 6.91. The number of hydrogen-bond donors (Lipinski definition) is 1. The molecule has 27 heavy (non-hydrogen) atoms. The van der Waals surface area contributed by atoms with Gasteiger partial charge in [0.05, 0.1) is 46.8 Å². The standard InChI is InChI=1S/C21H24O6/c1-23-14-6-13(7-15(9-14)24-2)21-17-11-26-20(16(17)10-27-21)12-4-5-18(22)19(8-12)25-3/h4-9,16-17,20-22H,10-11H2,1-3H3. The summed E-state index contributed by atoms with van der Waals surface area (Å²) in [4.78, 5) is 0. The molecule has 2 aromatic carbocycles. The Hall–Kier alpha value is -2.44. The largest absolute Gasteiger partial charge is 0.504 e. The monoisotopic (exact) mass is 372 g/mol. The Morgan fingerprint density at radius 3 is 1.93 bits per heavy atom. The van der Waals surface area contributed by atoms with Gasteiger partial charge in [-0.05, 0) is 35.4 Å². The van der Waals surface area contributed by atoms with Gasteiger partial charge in [0.25, 0.3) is 0 Å². The van der Waals surface area contributed by atoms with Crippen LogP contribution in [-0.2, 0) is 9.47 Å². The fourth-order valence-electron chi connectivity index (χ4n) is 4.10. The van der Waals surface area contributed by atoms with Gasteiger partial charge in [-0.1, -0.05) is 6.07 Å². The number of ether oxygens (including phenoxy) is 5. The van der Waals surface area contributed by atoms with Crippen molar-refractivity contribution in [3.63, 3.8) is 0 Å². The van der Waals surface area contributed by atoms with E-state index in [1.54, 1.807) is 27.4 Å². The average molecular weight is 372 g/mol. The van der Waals surface area contributed by atoms with E-state index >= 15 is 0 Å². The summed E-state index contributed by atoms with van der Waals surface area (Å²) in [5.74, 6) is 2.55. The lowest BCUT2D eigenvalue weighted by Gasteiger charge is -2.18. The molecule has 4 unspecified atom stereocenters. The van der Waals surface area contributed by atoms with E-state index in [1.807, 2.05) is 30.3 Å². The minimum Gasteiger partial charge on any atom is -0.504 e. The highest BCUT2D eigenvalue weighted by atomic mass is 16.5. The molecular weight excluding hydrogens is 348 g/mol. The highest BCUT2D eigenvalue weighted by molar-refractivity contribution is 5.43. The zero-order valence-electron chi connectivity index (χ0n) is 15.7. The Kier molecular flexibility index (Phi) is 4.85. The predicted molar refractivity (Wildman–Crippen MR) is 98.6 cm³/mol. The van der Waals surface area contributed by atoms with Crippen LogP contribution in [0.3, 0.4) is 0 Å². The van der Waals surface area contributed by atoms with Crippen LogP contribution in [0.2, 0.25) is 0 Å². The van der Waals surface area contributed by atoms with Crippen molar-refractivity contribution >= 4 is 0 Å². The Morgan fingerprint density at radius 2 is 1.37 bits per heavy atom. The van der Waals surface area contributed by atoms with E-state index in [4.69, 9.17) is 23.7 Å². The van der Waals surface area contributed by atoms with Gasteiger partial charge in [-0.25, -0.2) is 0 Å². The third-order valence-electron chi connectivity index (χ3n) is 5.50. The molecule has 4 rings (SSSR count). The highest BCUT2D eigenvalue weighted by Crippen LogP contribution is 2.51. The normalized spacial score (nSPS) is 26.6. The molecule has 0 radical (unpaired) electrons. The lowest BCUT2D eigenvalue weighted by molar-refractivity contribution is 0.0191. The maximum absolute atomic E-state index is 9.84. The van der Waals surface area contributed by atoms with E-state index < -0.39 is 0 Å². The number of hydrogen-bond acceptors (Lipinski definition) is 6. The van der Waals surface area contributed by atoms with E-state index in [0.717, 1.165) is 22.6 Å². The zero-order chi connectivity index (χ0) is 19.0. The molecule has 2 heterocycles. The van der Waals surface area contributed by atoms with E-state index in [9.17, 15) is 5.11 Å². The van der Waals surface area contributed by atoms with Crippen molar-refractivity contribution in [2.24, 2.45) is 11.8 Å². The smallest absolute Gasteiger partial charge is 0.160 e. The van der Waals surface area contributed by atoms with Gasteiger partial charge in [0.1, 0.15) is 11.5 Å². The van der Waals surface area contributed by atoms with Gasteiger partial charge in [0.2, 0.25) is 0 Å². The number of methoxy groups -OCH3 is 3. The molecule has 0 spiro atoms. The lowest BCUT2D eigenvalue weighted by atomic mass is 9.85. The molecule has 2 fully saturated rings. The third-order valence-corrected chi connectivity index (χ3v) is 5.50. The van der Waals surface area contributed by atoms with Crippen LogP contribution >= 0.6 is 0 Å². The molecule has 2 aromatic rings. The van der Waals surface area contributed by atoms with Crippen LogP contribution < -0.4 is 14.2 Å². The number of phenolic OH excluding ortho intramolecular Hbond substituents is 1. The van der Waals surface area contributed by atoms with Gasteiger partial charge in [-0.15, -0.1) is 0 Å². The molecule has 6 heteroatoms. The summed E-state index contributed by atoms with van der Waals surface area (Å²) in [6.45, 7) is 1.23. The zero-order valence-corrected chi connectivity index (χ0v) is 15.7. The molecule has 144 valence electrons. The van der Waals surface area contributed by atoms with E-state index in [1.165, 1.54) is 0 Å². The van der Waals surface area contributed by atoms with Crippen molar-refractivity contribution in [1.82, 2.24) is 0 Å². The van der Waals surface area contributed by atoms with E-state index in [0.29, 0.717) is 19.0 Å². The molecule has 2 aliphatic heterocycles. The summed E-state index contributed by atoms with van der Waals surface area (Å²) in [6, 6.07) is 11.2. The van der Waals surface area contributed by atoms with Gasteiger partial charge in [-0.3, -0.25) is 0 Å². The van der Waals surface area contributed by atoms with Crippen LogP contribution in [0.15, 0.2) is 36.4 Å². The topological polar surface area (TPSA) is 66.4 Å². The molecule has 0 aromatic heterocycles. The Bertz CT molecular complexity index is 798. The number of rotatable bonds is 5. The van der Waals surface area contributed by atoms with Gasteiger partial charge in [0.15, 0.2) is 11.5 Å². The molecule has 0 bridgehead atoms. The SMILES string of the molecule is COc1cc(OC)cc(C2OCC3C(c4ccc(O)c(OC)c4)OCC23)c1. The molecule has 2 saturated heterocycles. The maximum atomic E-state index is 9.84. The predicted octanol–water partition coefficient (Wildman–Crippen LogP) is 3.49. The summed E-state index contributed by atoms with van der Waals surface area (Å²) in [5.41, 5.74) is 2.02. The molecule has 0 amide bonds. The van der Waals surface area contributed by atoms with Crippen LogP contribution in [0.1, 0.15) is 23.3 Å². The fourth-order valence-corrected chi connectivity index (χ4v) is 4.10. The van der Waals surface area contributed by atoms with Crippen molar-refractivity contribution in [2.75, 3.05) is 34.5 Å². The lowest BCUT2D eigenvalue weighted by Crippen LogP contribution is -2.14. The Labute approximate surface area is 158 Å². The number of phenols is 1. The van der Waals surface area contributed by atoms with Crippen molar-refractivity contribution in [2.45, 2.75) is 12.2 Å². The molecule has 0 aliphatic carbocycles. The van der Waals surface area contributed by atoms with Crippen LogP contribution in [0.4, 0.5) is 0 Å². The number of benzene rings is 2. The van der Waals surface area contributed by atoms with Crippen molar-refractivity contribution in [1.29, 1.82) is 0 Å². The van der Waals surface area contributed by atoms with Crippen LogP contribution in [-0.4, -0.2) is 39.6 Å². The average Bonchev–Trinajstić information content (AvgIpc) is 3.30. The molecular formula is C21H24O6. The summed E-state index contributed by atoms with van der Waals surface area (Å²) in [5, 5.41) is 9.84. The summed E-state index contributed by atoms with van der Waals surface area (Å²) in [7, 11) is 4.83. The maximum Gasteiger partial charge on any atom is 0.160 e. The third kappa shape index (κ3) is 3.19. The van der Waals surface area contributed by atoms with Crippen LogP contribution in [0.5, 0.6) is 23.0 Å². The minimum atomic E-state index is -0.0815. The molecule has 6 nitrogen and oxygen atoms in total. The van der Waals surface area contributed by atoms with Gasteiger partial charge in [-0.2, -0.15) is 0 Å². The fraction of sp³-hybridized carbons (Fsp3) is 0.429. The number of fused-ring (bicyclic) bond motifs is 1. The molecule has 2 aliphatic rings. The van der Waals surface area contributed by atoms with Crippen LogP contribution in [0, 0.1) is 11.8 Å². The summed E-state index contributed by atoms with van der Waals surface area (Å²) >= 11 is 0. The van der Waals surface area contributed by atoms with Gasteiger partial charge < -0.3 is 28.8 Å². The van der Waals surface area contributed by atoms with Crippen molar-refractivity contribution in [3.8, 4) is 23.0 Å². The summed E-state index contributed by atoms with van der Waals surface area (Å²) in [6.07, 6.45) is -0.148. The first-order valence-electron chi connectivity index (χ1n) is 8.97. The van der Waals surface area contributed by atoms with E-state index in [-0.39, 0.29) is 29.8 Å². The first-order chi connectivity index (χ1) is 13.1. The second kappa shape index (κ2) is 7.29. The first kappa shape index (κ1) is 17.9. The van der Waals surface area contributed by atoms with Crippen molar-refractivity contribution < 1.29 is 28.8 Å². The number of aromatic hydroxyl groups is 1. The molecule has 4 atom stereocenters. The quantitative estimate of drug-likeness (QED) is 0.867. The van der Waals surface area contributed by atoms with E-state index in [2.05, 4.69) is 0 Å². The Balaban J connectivity index is 1.59. The second-order valence-electron chi connectivity index (χ2n) is 6.91. The summed E-state index contributed by atoms with van der Waals surface area (Å²) < 4.78 is 28.3. The first-order valence-corrected chi connectivity index (χ1v) is 8.97. The minimum absolute atomic E-state index is 0.0667. The molecule has 0 saturated carbocycles.